The first-order chi connectivity index (χ1) is 16.2. The molecule has 0 amide bonds. The molecule has 6 aromatic rings. The third-order valence-corrected chi connectivity index (χ3v) is 8.07. The van der Waals surface area contributed by atoms with Crippen LogP contribution in [0, 0.1) is 13.8 Å². The molecule has 0 saturated heterocycles. The Morgan fingerprint density at radius 3 is 2.12 bits per heavy atom. The van der Waals surface area contributed by atoms with Crippen molar-refractivity contribution in [3.8, 4) is 33.4 Å². The zero-order chi connectivity index (χ0) is 21.8. The SMILES string of the molecule is Cc1c2c(cc3c1-c1cccc4c1c-3cc1ccccc14)Cc1cc(C)c3ccccc3c1-2. The van der Waals surface area contributed by atoms with Crippen LogP contribution >= 0.6 is 0 Å². The van der Waals surface area contributed by atoms with E-state index < -0.39 is 0 Å². The average molecular weight is 419 g/mol. The van der Waals surface area contributed by atoms with E-state index in [-0.39, 0.29) is 0 Å². The lowest BCUT2D eigenvalue weighted by Crippen LogP contribution is -1.91. The van der Waals surface area contributed by atoms with Crippen LogP contribution in [0.4, 0.5) is 0 Å². The van der Waals surface area contributed by atoms with Crippen molar-refractivity contribution in [2.45, 2.75) is 20.3 Å². The van der Waals surface area contributed by atoms with Gasteiger partial charge in [-0.25, -0.2) is 0 Å². The van der Waals surface area contributed by atoms with E-state index in [1.165, 1.54) is 88.0 Å². The maximum Gasteiger partial charge on any atom is -0.00128 e. The van der Waals surface area contributed by atoms with Crippen LogP contribution in [-0.4, -0.2) is 0 Å². The molecular formula is C33H22. The average Bonchev–Trinajstić information content (AvgIpc) is 3.37. The largest absolute Gasteiger partial charge is 0.0616 e. The summed E-state index contributed by atoms with van der Waals surface area (Å²) >= 11 is 0. The molecule has 0 bridgehead atoms. The van der Waals surface area contributed by atoms with E-state index in [9.17, 15) is 0 Å². The highest BCUT2D eigenvalue weighted by atomic mass is 14.3. The molecule has 6 aromatic carbocycles. The first-order valence-electron chi connectivity index (χ1n) is 11.8. The van der Waals surface area contributed by atoms with Crippen LogP contribution in [0.25, 0.3) is 65.7 Å². The molecule has 2 aliphatic rings. The molecule has 0 heterocycles. The zero-order valence-corrected chi connectivity index (χ0v) is 18.8. The van der Waals surface area contributed by atoms with Crippen molar-refractivity contribution >= 4 is 32.3 Å². The number of fused-ring (bicyclic) bond motifs is 10. The number of aryl methyl sites for hydroxylation is 1. The molecule has 0 atom stereocenters. The third-order valence-electron chi connectivity index (χ3n) is 8.07. The normalized spacial score (nSPS) is 13.0. The quantitative estimate of drug-likeness (QED) is 0.216. The minimum absolute atomic E-state index is 1.03. The van der Waals surface area contributed by atoms with E-state index >= 15 is 0 Å². The molecule has 154 valence electrons. The molecule has 0 saturated carbocycles. The molecule has 2 aliphatic carbocycles. The highest BCUT2D eigenvalue weighted by Gasteiger charge is 2.31. The molecule has 0 heteroatoms. The fraction of sp³-hybridized carbons (Fsp3) is 0.0909. The highest BCUT2D eigenvalue weighted by molar-refractivity contribution is 6.24. The van der Waals surface area contributed by atoms with Gasteiger partial charge in [0.25, 0.3) is 0 Å². The lowest BCUT2D eigenvalue weighted by atomic mass is 9.88. The highest BCUT2D eigenvalue weighted by Crippen LogP contribution is 2.55. The van der Waals surface area contributed by atoms with E-state index in [0.717, 1.165) is 6.42 Å². The van der Waals surface area contributed by atoms with Crippen molar-refractivity contribution in [2.75, 3.05) is 0 Å². The van der Waals surface area contributed by atoms with Crippen molar-refractivity contribution in [3.63, 3.8) is 0 Å². The summed E-state index contributed by atoms with van der Waals surface area (Å²) in [6.45, 7) is 4.60. The van der Waals surface area contributed by atoms with Gasteiger partial charge in [0.05, 0.1) is 0 Å². The first kappa shape index (κ1) is 17.6. The Labute approximate surface area is 193 Å². The monoisotopic (exact) mass is 418 g/mol. The summed E-state index contributed by atoms with van der Waals surface area (Å²) in [4.78, 5) is 0. The molecule has 0 aliphatic heterocycles. The van der Waals surface area contributed by atoms with Crippen LogP contribution < -0.4 is 0 Å². The van der Waals surface area contributed by atoms with E-state index in [4.69, 9.17) is 0 Å². The van der Waals surface area contributed by atoms with Gasteiger partial charge in [-0.05, 0) is 120 Å². The van der Waals surface area contributed by atoms with Gasteiger partial charge in [-0.1, -0.05) is 72.8 Å². The molecule has 8 rings (SSSR count). The molecule has 0 aromatic heterocycles. The lowest BCUT2D eigenvalue weighted by Gasteiger charge is -2.15. The molecule has 0 unspecified atom stereocenters. The summed E-state index contributed by atoms with van der Waals surface area (Å²) in [7, 11) is 0. The Morgan fingerprint density at radius 1 is 0.515 bits per heavy atom. The number of rotatable bonds is 0. The van der Waals surface area contributed by atoms with E-state index in [0.29, 0.717) is 0 Å². The van der Waals surface area contributed by atoms with Crippen LogP contribution in [0.15, 0.2) is 84.9 Å². The summed E-state index contributed by atoms with van der Waals surface area (Å²) in [6.07, 6.45) is 1.03. The van der Waals surface area contributed by atoms with Crippen LogP contribution in [-0.2, 0) is 6.42 Å². The molecule has 0 spiro atoms. The van der Waals surface area contributed by atoms with Crippen LogP contribution in [0.3, 0.4) is 0 Å². The zero-order valence-electron chi connectivity index (χ0n) is 18.8. The lowest BCUT2D eigenvalue weighted by molar-refractivity contribution is 1.25. The van der Waals surface area contributed by atoms with Gasteiger partial charge in [0, 0.05) is 0 Å². The van der Waals surface area contributed by atoms with Gasteiger partial charge in [0.2, 0.25) is 0 Å². The van der Waals surface area contributed by atoms with Crippen molar-refractivity contribution in [2.24, 2.45) is 0 Å². The van der Waals surface area contributed by atoms with E-state index in [1.54, 1.807) is 0 Å². The summed E-state index contributed by atoms with van der Waals surface area (Å²) < 4.78 is 0. The Kier molecular flexibility index (Phi) is 3.16. The van der Waals surface area contributed by atoms with Crippen LogP contribution in [0.5, 0.6) is 0 Å². The van der Waals surface area contributed by atoms with Gasteiger partial charge in [-0.2, -0.15) is 0 Å². The van der Waals surface area contributed by atoms with Gasteiger partial charge in [-0.15, -0.1) is 0 Å². The van der Waals surface area contributed by atoms with Crippen LogP contribution in [0.1, 0.15) is 22.3 Å². The summed E-state index contributed by atoms with van der Waals surface area (Å²) in [5, 5.41) is 8.25. The van der Waals surface area contributed by atoms with E-state index in [1.807, 2.05) is 0 Å². The topological polar surface area (TPSA) is 0 Å². The second kappa shape index (κ2) is 5.91. The van der Waals surface area contributed by atoms with Crippen molar-refractivity contribution in [1.29, 1.82) is 0 Å². The van der Waals surface area contributed by atoms with Gasteiger partial charge in [-0.3, -0.25) is 0 Å². The maximum atomic E-state index is 2.51. The van der Waals surface area contributed by atoms with Gasteiger partial charge >= 0.3 is 0 Å². The molecule has 0 nitrogen and oxygen atoms in total. The Balaban J connectivity index is 1.52. The Hall–Kier alpha value is -3.90. The molecular weight excluding hydrogens is 396 g/mol. The maximum absolute atomic E-state index is 2.51. The molecule has 33 heavy (non-hydrogen) atoms. The summed E-state index contributed by atoms with van der Waals surface area (Å²) in [6, 6.07) is 32.0. The fourth-order valence-electron chi connectivity index (χ4n) is 6.79. The van der Waals surface area contributed by atoms with Crippen molar-refractivity contribution in [3.05, 3.63) is 107 Å². The van der Waals surface area contributed by atoms with Gasteiger partial charge < -0.3 is 0 Å². The van der Waals surface area contributed by atoms with Gasteiger partial charge in [0.15, 0.2) is 0 Å². The van der Waals surface area contributed by atoms with Crippen molar-refractivity contribution in [1.82, 2.24) is 0 Å². The Bertz CT molecular complexity index is 1850. The van der Waals surface area contributed by atoms with Gasteiger partial charge in [0.1, 0.15) is 0 Å². The standard InChI is InChI=1S/C33H22/c1-18-14-21-15-22-17-28-29-16-20-8-3-4-10-24(20)26-12-7-13-27(33(26)29)31(28)19(2)30(22)32(21)25-11-6-5-9-23(18)25/h3-14,16-17H,15H2,1-2H3. The molecule has 0 fully saturated rings. The second-order valence-electron chi connectivity index (χ2n) is 9.78. The minimum atomic E-state index is 1.03. The predicted molar refractivity (Wildman–Crippen MR) is 141 cm³/mol. The third kappa shape index (κ3) is 2.07. The molecule has 0 N–H and O–H groups in total. The second-order valence-corrected chi connectivity index (χ2v) is 9.78. The summed E-state index contributed by atoms with van der Waals surface area (Å²) in [5.41, 5.74) is 14.3. The van der Waals surface area contributed by atoms with Crippen LogP contribution in [0.2, 0.25) is 0 Å². The molecule has 0 radical (unpaired) electrons. The smallest absolute Gasteiger partial charge is 0.00128 e. The minimum Gasteiger partial charge on any atom is -0.0616 e. The summed E-state index contributed by atoms with van der Waals surface area (Å²) in [5.74, 6) is 0. The number of hydrogen-bond acceptors (Lipinski definition) is 0. The number of benzene rings is 6. The fourth-order valence-corrected chi connectivity index (χ4v) is 6.79. The first-order valence-corrected chi connectivity index (χ1v) is 11.8. The Morgan fingerprint density at radius 2 is 1.24 bits per heavy atom. The predicted octanol–water partition coefficient (Wildman–Crippen LogP) is 8.98. The van der Waals surface area contributed by atoms with E-state index in [2.05, 4.69) is 98.8 Å². The number of hydrogen-bond donors (Lipinski definition) is 0. The van der Waals surface area contributed by atoms with Crippen molar-refractivity contribution < 1.29 is 0 Å².